The smallest absolute Gasteiger partial charge is 0.312 e. The molecule has 0 aliphatic carbocycles. The van der Waals surface area contributed by atoms with Gasteiger partial charge in [-0.25, -0.2) is 0 Å². The van der Waals surface area contributed by atoms with Crippen molar-refractivity contribution in [3.05, 3.63) is 60.2 Å². The third-order valence-electron chi connectivity index (χ3n) is 4.67. The van der Waals surface area contributed by atoms with Crippen LogP contribution in [0.15, 0.2) is 54.6 Å². The molecule has 0 bridgehead atoms. The first kappa shape index (κ1) is 18.5. The van der Waals surface area contributed by atoms with Gasteiger partial charge in [-0.3, -0.25) is 9.59 Å². The largest absolute Gasteiger partial charge is 0.497 e. The molecule has 0 unspecified atom stereocenters. The Morgan fingerprint density at radius 2 is 1.89 bits per heavy atom. The van der Waals surface area contributed by atoms with Crippen molar-refractivity contribution >= 4 is 17.6 Å². The van der Waals surface area contributed by atoms with Crippen molar-refractivity contribution < 1.29 is 19.1 Å². The van der Waals surface area contributed by atoms with Crippen LogP contribution in [0.4, 0.5) is 5.69 Å². The first-order valence-corrected chi connectivity index (χ1v) is 8.70. The summed E-state index contributed by atoms with van der Waals surface area (Å²) in [5.41, 5.74) is 1.53. The minimum Gasteiger partial charge on any atom is -0.497 e. The fourth-order valence-electron chi connectivity index (χ4n) is 3.43. The molecule has 0 aromatic heterocycles. The number of esters is 1. The number of amides is 1. The molecule has 1 amide bonds. The molecule has 0 radical (unpaired) electrons. The van der Waals surface area contributed by atoms with Crippen molar-refractivity contribution in [3.63, 3.8) is 0 Å². The summed E-state index contributed by atoms with van der Waals surface area (Å²) in [6.07, 6.45) is 0.622. The van der Waals surface area contributed by atoms with E-state index in [9.17, 15) is 9.59 Å². The molecule has 1 fully saturated rings. The predicted octanol–water partition coefficient (Wildman–Crippen LogP) is 3.25. The van der Waals surface area contributed by atoms with Gasteiger partial charge in [0.15, 0.2) is 6.61 Å². The van der Waals surface area contributed by atoms with Gasteiger partial charge in [-0.1, -0.05) is 30.3 Å². The number of piperidine rings is 1. The van der Waals surface area contributed by atoms with Crippen molar-refractivity contribution in [1.82, 2.24) is 0 Å². The molecule has 1 aliphatic rings. The van der Waals surface area contributed by atoms with Crippen molar-refractivity contribution in [1.29, 1.82) is 5.26 Å². The van der Waals surface area contributed by atoms with Crippen LogP contribution >= 0.6 is 0 Å². The van der Waals surface area contributed by atoms with Gasteiger partial charge in [-0.15, -0.1) is 0 Å². The van der Waals surface area contributed by atoms with Crippen molar-refractivity contribution in [2.75, 3.05) is 18.6 Å². The van der Waals surface area contributed by atoms with Gasteiger partial charge in [-0.2, -0.15) is 5.26 Å². The lowest BCUT2D eigenvalue weighted by Gasteiger charge is -2.40. The molecule has 1 saturated heterocycles. The van der Waals surface area contributed by atoms with Crippen molar-refractivity contribution in [2.24, 2.45) is 5.92 Å². The number of hydrogen-bond donors (Lipinski definition) is 0. The average Bonchev–Trinajstić information content (AvgIpc) is 2.72. The van der Waals surface area contributed by atoms with E-state index < -0.39 is 17.9 Å². The van der Waals surface area contributed by atoms with Crippen LogP contribution < -0.4 is 9.64 Å². The van der Waals surface area contributed by atoms with Gasteiger partial charge in [0.1, 0.15) is 11.8 Å². The number of benzene rings is 2. The quantitative estimate of drug-likeness (QED) is 0.761. The zero-order chi connectivity index (χ0) is 19.2. The maximum absolute atomic E-state index is 12.8. The van der Waals surface area contributed by atoms with Crippen LogP contribution in [0, 0.1) is 17.2 Å². The highest BCUT2D eigenvalue weighted by Crippen LogP contribution is 2.40. The highest BCUT2D eigenvalue weighted by molar-refractivity contribution is 5.97. The molecule has 6 heteroatoms. The fourth-order valence-corrected chi connectivity index (χ4v) is 3.43. The summed E-state index contributed by atoms with van der Waals surface area (Å²) in [6.45, 7) is -0.298. The SMILES string of the molecule is COc1ccc(N2C(=O)CC[C@@H](C(=O)OCC#N)[C@H]2c2ccccc2)cc1. The summed E-state index contributed by atoms with van der Waals surface area (Å²) in [5.74, 6) is -0.375. The van der Waals surface area contributed by atoms with E-state index >= 15 is 0 Å². The number of carbonyl (C=O) groups excluding carboxylic acids is 2. The lowest BCUT2D eigenvalue weighted by atomic mass is 9.84. The summed E-state index contributed by atoms with van der Waals surface area (Å²) in [6, 6.07) is 17.9. The maximum Gasteiger partial charge on any atom is 0.312 e. The second-order valence-electron chi connectivity index (χ2n) is 6.23. The Bertz CT molecular complexity index is 843. The number of ether oxygens (including phenoxy) is 2. The Labute approximate surface area is 157 Å². The lowest BCUT2D eigenvalue weighted by molar-refractivity contribution is -0.149. The average molecular weight is 364 g/mol. The second-order valence-corrected chi connectivity index (χ2v) is 6.23. The highest BCUT2D eigenvalue weighted by Gasteiger charge is 2.42. The molecule has 0 spiro atoms. The van der Waals surface area contributed by atoms with Crippen LogP contribution in [0.3, 0.4) is 0 Å². The van der Waals surface area contributed by atoms with Gasteiger partial charge >= 0.3 is 5.97 Å². The van der Waals surface area contributed by atoms with Gasteiger partial charge in [0.05, 0.1) is 19.1 Å². The van der Waals surface area contributed by atoms with E-state index in [0.717, 1.165) is 5.56 Å². The second kappa shape index (κ2) is 8.37. The van der Waals surface area contributed by atoms with Crippen LogP contribution in [-0.2, 0) is 14.3 Å². The van der Waals surface area contributed by atoms with E-state index in [-0.39, 0.29) is 18.9 Å². The number of nitriles is 1. The number of hydrogen-bond acceptors (Lipinski definition) is 5. The maximum atomic E-state index is 12.8. The van der Waals surface area contributed by atoms with Crippen molar-refractivity contribution in [3.8, 4) is 11.8 Å². The van der Waals surface area contributed by atoms with E-state index in [4.69, 9.17) is 14.7 Å². The van der Waals surface area contributed by atoms with Crippen molar-refractivity contribution in [2.45, 2.75) is 18.9 Å². The zero-order valence-electron chi connectivity index (χ0n) is 15.0. The topological polar surface area (TPSA) is 79.6 Å². The van der Waals surface area contributed by atoms with Gasteiger partial charge < -0.3 is 14.4 Å². The Morgan fingerprint density at radius 3 is 2.52 bits per heavy atom. The standard InChI is InChI=1S/C21H20N2O4/c1-26-17-9-7-16(8-10-17)23-19(24)12-11-18(21(25)27-14-13-22)20(23)15-5-3-2-4-6-15/h2-10,18,20H,11-12,14H2,1H3/t18-,20-/m1/s1. The molecule has 1 heterocycles. The summed E-state index contributed by atoms with van der Waals surface area (Å²) in [4.78, 5) is 27.0. The number of nitrogens with zero attached hydrogens (tertiary/aromatic N) is 2. The third kappa shape index (κ3) is 3.93. The zero-order valence-corrected chi connectivity index (χ0v) is 15.0. The highest BCUT2D eigenvalue weighted by atomic mass is 16.5. The molecule has 2 aromatic rings. The van der Waals surface area contributed by atoms with Gasteiger partial charge in [0, 0.05) is 12.1 Å². The monoisotopic (exact) mass is 364 g/mol. The number of carbonyl (C=O) groups is 2. The minimum absolute atomic E-state index is 0.0571. The van der Waals surface area contributed by atoms with E-state index in [1.165, 1.54) is 0 Å². The van der Waals surface area contributed by atoms with Gasteiger partial charge in [0.2, 0.25) is 5.91 Å². The number of rotatable bonds is 5. The van der Waals surface area contributed by atoms with Crippen LogP contribution in [0.1, 0.15) is 24.4 Å². The molecule has 1 aliphatic heterocycles. The molecule has 3 rings (SSSR count). The van der Waals surface area contributed by atoms with Crippen LogP contribution in [0.5, 0.6) is 5.75 Å². The van der Waals surface area contributed by atoms with Gasteiger partial charge in [0.25, 0.3) is 0 Å². The lowest BCUT2D eigenvalue weighted by Crippen LogP contribution is -2.46. The number of methoxy groups -OCH3 is 1. The number of anilines is 1. The summed E-state index contributed by atoms with van der Waals surface area (Å²) < 4.78 is 10.3. The molecule has 0 saturated carbocycles. The third-order valence-corrected chi connectivity index (χ3v) is 4.67. The Kier molecular flexibility index (Phi) is 5.72. The molecule has 0 N–H and O–H groups in total. The summed E-state index contributed by atoms with van der Waals surface area (Å²) in [7, 11) is 1.58. The first-order chi connectivity index (χ1) is 13.2. The van der Waals surface area contributed by atoms with E-state index in [0.29, 0.717) is 17.9 Å². The summed E-state index contributed by atoms with van der Waals surface area (Å²) >= 11 is 0. The van der Waals surface area contributed by atoms with Gasteiger partial charge in [-0.05, 0) is 36.2 Å². The Balaban J connectivity index is 2.02. The van der Waals surface area contributed by atoms with E-state index in [1.807, 2.05) is 36.4 Å². The molecule has 27 heavy (non-hydrogen) atoms. The summed E-state index contributed by atoms with van der Waals surface area (Å²) in [5, 5.41) is 8.71. The molecule has 138 valence electrons. The molecular formula is C21H20N2O4. The molecule has 2 aromatic carbocycles. The van der Waals surface area contributed by atoms with Crippen LogP contribution in [-0.4, -0.2) is 25.6 Å². The predicted molar refractivity (Wildman–Crippen MR) is 99.0 cm³/mol. The van der Waals surface area contributed by atoms with Crippen LogP contribution in [0.2, 0.25) is 0 Å². The molecule has 6 nitrogen and oxygen atoms in total. The van der Waals surface area contributed by atoms with Crippen LogP contribution in [0.25, 0.3) is 0 Å². The first-order valence-electron chi connectivity index (χ1n) is 8.70. The normalized spacial score (nSPS) is 19.3. The fraction of sp³-hybridized carbons (Fsp3) is 0.286. The Hall–Kier alpha value is -3.33. The van der Waals surface area contributed by atoms with E-state index in [2.05, 4.69) is 0 Å². The minimum atomic E-state index is -0.541. The van der Waals surface area contributed by atoms with E-state index in [1.54, 1.807) is 36.3 Å². The Morgan fingerprint density at radius 1 is 1.19 bits per heavy atom. The molecular weight excluding hydrogens is 344 g/mol. The molecule has 2 atom stereocenters.